The van der Waals surface area contributed by atoms with Crippen molar-refractivity contribution in [3.8, 4) is 17.2 Å². The van der Waals surface area contributed by atoms with Crippen LogP contribution in [0.3, 0.4) is 0 Å². The summed E-state index contributed by atoms with van der Waals surface area (Å²) in [6.45, 7) is 7.82. The Hall–Kier alpha value is -3.27. The lowest BCUT2D eigenvalue weighted by molar-refractivity contribution is 0.0695. The molecule has 9 nitrogen and oxygen atoms in total. The van der Waals surface area contributed by atoms with Crippen LogP contribution in [0.15, 0.2) is 47.6 Å². The van der Waals surface area contributed by atoms with Crippen molar-refractivity contribution in [1.82, 2.24) is 0 Å². The Balaban J connectivity index is 2.28. The Bertz CT molecular complexity index is 1110. The highest BCUT2D eigenvalue weighted by Crippen LogP contribution is 2.25. The van der Waals surface area contributed by atoms with Gasteiger partial charge in [0, 0.05) is 11.6 Å². The van der Waals surface area contributed by atoms with Gasteiger partial charge in [0.15, 0.2) is 0 Å². The topological polar surface area (TPSA) is 121 Å². The zero-order chi connectivity index (χ0) is 25.8. The van der Waals surface area contributed by atoms with Crippen molar-refractivity contribution in [2.75, 3.05) is 19.0 Å². The van der Waals surface area contributed by atoms with Gasteiger partial charge in [-0.1, -0.05) is 37.6 Å². The lowest BCUT2D eigenvalue weighted by atomic mass is 10.1. The summed E-state index contributed by atoms with van der Waals surface area (Å²) < 4.78 is 41.1. The zero-order valence-electron chi connectivity index (χ0n) is 20.5. The number of hydrogen-bond acceptors (Lipinski definition) is 8. The largest absolute Gasteiger partial charge is 0.491 e. The van der Waals surface area contributed by atoms with Crippen LogP contribution in [-0.4, -0.2) is 50.3 Å². The molecule has 0 saturated heterocycles. The van der Waals surface area contributed by atoms with E-state index in [0.29, 0.717) is 30.1 Å². The standard InChI is InChI=1S/C25H33NO8S/c1-5-7-12-35(29,30)34-21-10-8-9-19(13-21)24(26-32-11-6-2)17-31-22-14-20(25(27)28)15-23(16-22)33-18(3)4/h8-10,13-16,18H,5-7,11-12,17H2,1-4H3,(H,27,28). The lowest BCUT2D eigenvalue weighted by Crippen LogP contribution is -2.16. The van der Waals surface area contributed by atoms with Gasteiger partial charge in [-0.25, -0.2) is 4.79 Å². The van der Waals surface area contributed by atoms with Gasteiger partial charge in [-0.05, 0) is 51.0 Å². The van der Waals surface area contributed by atoms with Gasteiger partial charge in [0.25, 0.3) is 0 Å². The fraction of sp³-hybridized carbons (Fsp3) is 0.440. The highest BCUT2D eigenvalue weighted by atomic mass is 32.2. The van der Waals surface area contributed by atoms with E-state index < -0.39 is 16.1 Å². The van der Waals surface area contributed by atoms with Crippen molar-refractivity contribution in [3.63, 3.8) is 0 Å². The summed E-state index contributed by atoms with van der Waals surface area (Å²) in [5.41, 5.74) is 0.936. The van der Waals surface area contributed by atoms with Gasteiger partial charge in [-0.3, -0.25) is 0 Å². The van der Waals surface area contributed by atoms with Crippen molar-refractivity contribution in [1.29, 1.82) is 0 Å². The molecule has 0 aliphatic heterocycles. The number of carbonyl (C=O) groups is 1. The fourth-order valence-corrected chi connectivity index (χ4v) is 4.01. The van der Waals surface area contributed by atoms with Gasteiger partial charge < -0.3 is 23.6 Å². The van der Waals surface area contributed by atoms with Crippen molar-refractivity contribution >= 4 is 21.8 Å². The van der Waals surface area contributed by atoms with Crippen molar-refractivity contribution in [2.24, 2.45) is 5.16 Å². The van der Waals surface area contributed by atoms with Crippen LogP contribution in [0, 0.1) is 0 Å². The van der Waals surface area contributed by atoms with Gasteiger partial charge in [0.2, 0.25) is 0 Å². The van der Waals surface area contributed by atoms with Crippen molar-refractivity contribution in [2.45, 2.75) is 53.1 Å². The summed E-state index contributed by atoms with van der Waals surface area (Å²) in [5, 5.41) is 13.6. The molecule has 10 heteroatoms. The second kappa shape index (κ2) is 13.6. The number of benzene rings is 2. The molecule has 2 rings (SSSR count). The number of aromatic carboxylic acids is 1. The Morgan fingerprint density at radius 1 is 1.00 bits per heavy atom. The third-order valence-electron chi connectivity index (χ3n) is 4.48. The fourth-order valence-electron chi connectivity index (χ4n) is 2.88. The molecule has 0 heterocycles. The number of carboxylic acids is 1. The van der Waals surface area contributed by atoms with Gasteiger partial charge in [0.1, 0.15) is 36.2 Å². The van der Waals surface area contributed by atoms with E-state index in [1.807, 2.05) is 27.7 Å². The average molecular weight is 508 g/mol. The summed E-state index contributed by atoms with van der Waals surface area (Å²) >= 11 is 0. The molecule has 0 bridgehead atoms. The predicted octanol–water partition coefficient (Wildman–Crippen LogP) is 4.89. The summed E-state index contributed by atoms with van der Waals surface area (Å²) in [6, 6.07) is 10.9. The summed E-state index contributed by atoms with van der Waals surface area (Å²) in [7, 11) is -3.72. The van der Waals surface area contributed by atoms with Crippen LogP contribution < -0.4 is 13.7 Å². The van der Waals surface area contributed by atoms with Crippen LogP contribution in [0.5, 0.6) is 17.2 Å². The molecule has 2 aromatic rings. The first kappa shape index (κ1) is 28.0. The predicted molar refractivity (Wildman–Crippen MR) is 133 cm³/mol. The quantitative estimate of drug-likeness (QED) is 0.157. The highest BCUT2D eigenvalue weighted by Gasteiger charge is 2.15. The molecule has 0 aromatic heterocycles. The Kier molecular flexibility index (Phi) is 10.8. The SMILES string of the molecule is CCCCS(=O)(=O)Oc1cccc(C(COc2cc(OC(C)C)cc(C(=O)O)c2)=NOCCC)c1. The minimum Gasteiger partial charge on any atom is -0.491 e. The summed E-state index contributed by atoms with van der Waals surface area (Å²) in [4.78, 5) is 16.9. The molecule has 0 aliphatic carbocycles. The van der Waals surface area contributed by atoms with Crippen LogP contribution in [0.2, 0.25) is 0 Å². The zero-order valence-corrected chi connectivity index (χ0v) is 21.3. The number of carboxylic acid groups (broad SMARTS) is 1. The van der Waals surface area contributed by atoms with E-state index in [0.717, 1.165) is 12.8 Å². The van der Waals surface area contributed by atoms with Crippen LogP contribution in [0.4, 0.5) is 0 Å². The number of ether oxygens (including phenoxy) is 2. The minimum atomic E-state index is -3.72. The number of nitrogens with zero attached hydrogens (tertiary/aromatic N) is 1. The third-order valence-corrected chi connectivity index (χ3v) is 5.72. The lowest BCUT2D eigenvalue weighted by Gasteiger charge is -2.14. The maximum absolute atomic E-state index is 12.2. The Morgan fingerprint density at radius 3 is 2.37 bits per heavy atom. The molecule has 192 valence electrons. The molecule has 35 heavy (non-hydrogen) atoms. The monoisotopic (exact) mass is 507 g/mol. The molecule has 0 atom stereocenters. The third kappa shape index (κ3) is 9.86. The molecule has 1 N–H and O–H groups in total. The van der Waals surface area contributed by atoms with E-state index >= 15 is 0 Å². The second-order valence-electron chi connectivity index (χ2n) is 8.05. The van der Waals surface area contributed by atoms with E-state index in [9.17, 15) is 18.3 Å². The van der Waals surface area contributed by atoms with Gasteiger partial charge in [-0.2, -0.15) is 8.42 Å². The van der Waals surface area contributed by atoms with Gasteiger partial charge in [0.05, 0.1) is 17.4 Å². The maximum atomic E-state index is 12.2. The number of rotatable bonds is 15. The Morgan fingerprint density at radius 2 is 1.71 bits per heavy atom. The van der Waals surface area contributed by atoms with Crippen molar-refractivity contribution < 1.29 is 36.8 Å². The minimum absolute atomic E-state index is 0.0200. The average Bonchev–Trinajstić information content (AvgIpc) is 2.79. The Labute approximate surface area is 206 Å². The number of hydrogen-bond donors (Lipinski definition) is 1. The van der Waals surface area contributed by atoms with Crippen LogP contribution in [0.1, 0.15) is 62.9 Å². The van der Waals surface area contributed by atoms with Crippen LogP contribution >= 0.6 is 0 Å². The van der Waals surface area contributed by atoms with E-state index in [4.69, 9.17) is 18.5 Å². The molecule has 0 unspecified atom stereocenters. The molecule has 0 fully saturated rings. The number of unbranched alkanes of at least 4 members (excludes halogenated alkanes) is 1. The smallest absolute Gasteiger partial charge is 0.335 e. The van der Waals surface area contributed by atoms with Gasteiger partial charge >= 0.3 is 16.1 Å². The van der Waals surface area contributed by atoms with E-state index in [2.05, 4.69) is 5.16 Å². The maximum Gasteiger partial charge on any atom is 0.335 e. The normalized spacial score (nSPS) is 11.9. The highest BCUT2D eigenvalue weighted by molar-refractivity contribution is 7.87. The van der Waals surface area contributed by atoms with Gasteiger partial charge in [-0.15, -0.1) is 0 Å². The molecule has 0 radical (unpaired) electrons. The van der Waals surface area contributed by atoms with E-state index in [1.54, 1.807) is 30.3 Å². The van der Waals surface area contributed by atoms with Crippen LogP contribution in [0.25, 0.3) is 0 Å². The van der Waals surface area contributed by atoms with E-state index in [-0.39, 0.29) is 35.5 Å². The molecule has 0 spiro atoms. The van der Waals surface area contributed by atoms with Crippen LogP contribution in [-0.2, 0) is 15.0 Å². The first-order valence-electron chi connectivity index (χ1n) is 11.5. The summed E-state index contributed by atoms with van der Waals surface area (Å²) in [6.07, 6.45) is 1.83. The number of oxime groups is 1. The molecule has 0 saturated carbocycles. The molecule has 2 aromatic carbocycles. The molecule has 0 amide bonds. The second-order valence-corrected chi connectivity index (χ2v) is 9.74. The van der Waals surface area contributed by atoms with E-state index in [1.165, 1.54) is 12.1 Å². The molecular formula is C25H33NO8S. The first-order valence-corrected chi connectivity index (χ1v) is 13.1. The van der Waals surface area contributed by atoms with Crippen molar-refractivity contribution in [3.05, 3.63) is 53.6 Å². The first-order chi connectivity index (χ1) is 16.6. The molecule has 0 aliphatic rings. The summed E-state index contributed by atoms with van der Waals surface area (Å²) in [5.74, 6) is -0.389. The molecular weight excluding hydrogens is 474 g/mol.